The van der Waals surface area contributed by atoms with Crippen LogP contribution in [0, 0.1) is 11.7 Å². The van der Waals surface area contributed by atoms with Crippen LogP contribution in [0.4, 0.5) is 5.95 Å². The van der Waals surface area contributed by atoms with Gasteiger partial charge in [0.2, 0.25) is 10.7 Å². The summed E-state index contributed by atoms with van der Waals surface area (Å²) in [6.07, 6.45) is 4.22. The number of carbonyl (C=O) groups is 1. The molecule has 1 amide bonds. The molecular weight excluding hydrogens is 444 g/mol. The van der Waals surface area contributed by atoms with Gasteiger partial charge in [0.15, 0.2) is 0 Å². The normalized spacial score (nSPS) is 17.3. The number of nitrogens with one attached hydrogen (secondary N) is 1. The van der Waals surface area contributed by atoms with E-state index in [1.165, 1.54) is 18.4 Å². The molecule has 178 valence electrons. The van der Waals surface area contributed by atoms with Crippen molar-refractivity contribution in [3.8, 4) is 5.69 Å². The Balaban J connectivity index is 1.27. The van der Waals surface area contributed by atoms with Gasteiger partial charge in [0.1, 0.15) is 0 Å². The molecule has 3 aromatic rings. The van der Waals surface area contributed by atoms with Crippen molar-refractivity contribution >= 4 is 24.1 Å². The number of hydrogen-bond donors (Lipinski definition) is 1. The largest absolute Gasteiger partial charge is 0.349 e. The second-order valence-electron chi connectivity index (χ2n) is 9.32. The number of anilines is 1. The van der Waals surface area contributed by atoms with Crippen molar-refractivity contribution in [3.63, 3.8) is 0 Å². The average molecular weight is 477 g/mol. The van der Waals surface area contributed by atoms with Crippen molar-refractivity contribution in [1.82, 2.24) is 24.6 Å². The number of carbonyl (C=O) groups excluding carboxylic acids is 1. The van der Waals surface area contributed by atoms with Gasteiger partial charge in [0, 0.05) is 37.8 Å². The van der Waals surface area contributed by atoms with Crippen LogP contribution in [0.3, 0.4) is 0 Å². The summed E-state index contributed by atoms with van der Waals surface area (Å²) in [5.74, 6) is 0.949. The lowest BCUT2D eigenvalue weighted by molar-refractivity contribution is 0.0896. The van der Waals surface area contributed by atoms with E-state index in [9.17, 15) is 4.79 Å². The number of amides is 1. The zero-order valence-electron chi connectivity index (χ0n) is 19.7. The third kappa shape index (κ3) is 4.93. The maximum absolute atomic E-state index is 12.5. The van der Waals surface area contributed by atoms with Gasteiger partial charge in [-0.05, 0) is 69.1 Å². The third-order valence-electron chi connectivity index (χ3n) is 6.80. The van der Waals surface area contributed by atoms with Crippen molar-refractivity contribution in [2.75, 3.05) is 31.1 Å². The van der Waals surface area contributed by atoms with Crippen LogP contribution in [0.5, 0.6) is 0 Å². The Morgan fingerprint density at radius 3 is 2.35 bits per heavy atom. The summed E-state index contributed by atoms with van der Waals surface area (Å²) in [4.78, 5) is 17.2. The molecule has 2 fully saturated rings. The van der Waals surface area contributed by atoms with E-state index in [-0.39, 0.29) is 11.9 Å². The molecule has 8 heteroatoms. The van der Waals surface area contributed by atoms with Crippen LogP contribution in [0.2, 0.25) is 0 Å². The lowest BCUT2D eigenvalue weighted by atomic mass is 10.0. The van der Waals surface area contributed by atoms with Crippen LogP contribution >= 0.6 is 12.2 Å². The Bertz CT molecular complexity index is 1170. The molecule has 1 aromatic heterocycles. The summed E-state index contributed by atoms with van der Waals surface area (Å²) in [7, 11) is 0. The van der Waals surface area contributed by atoms with E-state index in [0.717, 1.165) is 55.4 Å². The highest BCUT2D eigenvalue weighted by molar-refractivity contribution is 7.71. The Hall–Kier alpha value is -2.97. The fourth-order valence-corrected chi connectivity index (χ4v) is 5.08. The van der Waals surface area contributed by atoms with Crippen molar-refractivity contribution < 1.29 is 4.79 Å². The van der Waals surface area contributed by atoms with Crippen molar-refractivity contribution in [3.05, 3.63) is 70.5 Å². The van der Waals surface area contributed by atoms with Crippen LogP contribution in [-0.2, 0) is 6.67 Å². The molecule has 0 atom stereocenters. The quantitative estimate of drug-likeness (QED) is 0.542. The van der Waals surface area contributed by atoms with E-state index < -0.39 is 0 Å². The first-order chi connectivity index (χ1) is 16.6. The molecule has 0 unspecified atom stereocenters. The second-order valence-corrected chi connectivity index (χ2v) is 9.69. The number of piperidine rings is 1. The molecule has 0 radical (unpaired) electrons. The molecule has 2 aliphatic rings. The number of rotatable bonds is 6. The van der Waals surface area contributed by atoms with Crippen LogP contribution in [0.15, 0.2) is 54.6 Å². The highest BCUT2D eigenvalue weighted by Gasteiger charge is 2.25. The zero-order chi connectivity index (χ0) is 23.5. The van der Waals surface area contributed by atoms with Gasteiger partial charge in [-0.1, -0.05) is 35.9 Å². The van der Waals surface area contributed by atoms with Gasteiger partial charge in [0.25, 0.3) is 5.91 Å². The maximum Gasteiger partial charge on any atom is 0.251 e. The van der Waals surface area contributed by atoms with Crippen LogP contribution in [0.25, 0.3) is 5.69 Å². The lowest BCUT2D eigenvalue weighted by Gasteiger charge is -2.32. The number of hydrogen-bond acceptors (Lipinski definition) is 5. The Kier molecular flexibility index (Phi) is 6.78. The number of nitrogens with zero attached hydrogens (tertiary/aromatic N) is 5. The van der Waals surface area contributed by atoms with E-state index >= 15 is 0 Å². The molecule has 5 rings (SSSR count). The molecule has 34 heavy (non-hydrogen) atoms. The topological polar surface area (TPSA) is 58.3 Å². The van der Waals surface area contributed by atoms with E-state index in [0.29, 0.717) is 12.2 Å². The monoisotopic (exact) mass is 476 g/mol. The molecule has 0 aliphatic carbocycles. The minimum Gasteiger partial charge on any atom is -0.349 e. The smallest absolute Gasteiger partial charge is 0.251 e. The van der Waals surface area contributed by atoms with Gasteiger partial charge < -0.3 is 10.2 Å². The lowest BCUT2D eigenvalue weighted by Crippen LogP contribution is -2.45. The molecule has 2 saturated heterocycles. The van der Waals surface area contributed by atoms with E-state index in [1.54, 1.807) is 0 Å². The van der Waals surface area contributed by atoms with E-state index in [4.69, 9.17) is 17.3 Å². The Labute approximate surface area is 206 Å². The molecule has 0 saturated carbocycles. The highest BCUT2D eigenvalue weighted by atomic mass is 32.1. The van der Waals surface area contributed by atoms with Gasteiger partial charge in [-0.3, -0.25) is 14.3 Å². The van der Waals surface area contributed by atoms with Crippen molar-refractivity contribution in [2.24, 2.45) is 0 Å². The molecular formula is C26H32N6OS. The van der Waals surface area contributed by atoms with Crippen LogP contribution in [0.1, 0.15) is 41.6 Å². The minimum atomic E-state index is 0.00775. The van der Waals surface area contributed by atoms with E-state index in [2.05, 4.69) is 50.9 Å². The summed E-state index contributed by atoms with van der Waals surface area (Å²) in [6, 6.07) is 18.1. The molecule has 0 spiro atoms. The first-order valence-electron chi connectivity index (χ1n) is 12.2. The standard InChI is InChI=1S/C26H32N6OS/c1-20-9-11-23(12-10-20)32-25(30-15-5-6-16-30)28-31(26(32)34)19-29-17-13-22(14-18-29)27-24(33)21-7-3-2-4-8-21/h2-4,7-12,22H,5-6,13-19H2,1H3,(H,27,33). The van der Waals surface area contributed by atoms with Crippen molar-refractivity contribution in [2.45, 2.75) is 45.3 Å². The molecule has 0 bridgehead atoms. The number of aryl methyl sites for hydroxylation is 1. The van der Waals surface area contributed by atoms with Crippen LogP contribution in [-0.4, -0.2) is 57.4 Å². The Morgan fingerprint density at radius 1 is 1.00 bits per heavy atom. The SMILES string of the molecule is Cc1ccc(-n2c(N3CCCC3)nn(CN3CCC(NC(=O)c4ccccc4)CC3)c2=S)cc1. The first kappa shape index (κ1) is 22.8. The van der Waals surface area contributed by atoms with Gasteiger partial charge in [-0.25, -0.2) is 4.68 Å². The fourth-order valence-electron chi connectivity index (χ4n) is 4.80. The summed E-state index contributed by atoms with van der Waals surface area (Å²) >= 11 is 5.92. The van der Waals surface area contributed by atoms with Gasteiger partial charge >= 0.3 is 0 Å². The average Bonchev–Trinajstić information content (AvgIpc) is 3.50. The van der Waals surface area contributed by atoms with Gasteiger partial charge in [-0.15, -0.1) is 5.10 Å². The Morgan fingerprint density at radius 2 is 1.68 bits per heavy atom. The third-order valence-corrected chi connectivity index (χ3v) is 7.19. The minimum absolute atomic E-state index is 0.00775. The number of benzene rings is 2. The summed E-state index contributed by atoms with van der Waals surface area (Å²) < 4.78 is 4.81. The second kappa shape index (κ2) is 10.1. The van der Waals surface area contributed by atoms with Crippen molar-refractivity contribution in [1.29, 1.82) is 0 Å². The molecule has 2 aliphatic heterocycles. The summed E-state index contributed by atoms with van der Waals surface area (Å²) in [6.45, 7) is 6.60. The molecule has 2 aromatic carbocycles. The van der Waals surface area contributed by atoms with E-state index in [1.807, 2.05) is 35.0 Å². The maximum atomic E-state index is 12.5. The van der Waals surface area contributed by atoms with Gasteiger partial charge in [-0.2, -0.15) is 0 Å². The highest BCUT2D eigenvalue weighted by Crippen LogP contribution is 2.24. The molecule has 7 nitrogen and oxygen atoms in total. The number of likely N-dealkylation sites (tertiary alicyclic amines) is 1. The first-order valence-corrected chi connectivity index (χ1v) is 12.6. The summed E-state index contributed by atoms with van der Waals surface area (Å²) in [5.41, 5.74) is 3.01. The number of aromatic nitrogens is 3. The zero-order valence-corrected chi connectivity index (χ0v) is 20.5. The predicted octanol–water partition coefficient (Wildman–Crippen LogP) is 4.16. The molecule has 1 N–H and O–H groups in total. The van der Waals surface area contributed by atoms with Gasteiger partial charge in [0.05, 0.1) is 12.4 Å². The molecule has 3 heterocycles. The predicted molar refractivity (Wildman–Crippen MR) is 137 cm³/mol. The summed E-state index contributed by atoms with van der Waals surface area (Å²) in [5, 5.41) is 8.17. The fraction of sp³-hybridized carbons (Fsp3) is 0.423. The van der Waals surface area contributed by atoms with Crippen LogP contribution < -0.4 is 10.2 Å².